The number of thiazole rings is 1. The molecular formula is C13H16N2OS. The molecule has 1 aromatic carbocycles. The zero-order valence-corrected chi connectivity index (χ0v) is 10.8. The number of methoxy groups -OCH3 is 1. The summed E-state index contributed by atoms with van der Waals surface area (Å²) in [5.41, 5.74) is 1.25. The third-order valence-electron chi connectivity index (χ3n) is 2.66. The molecule has 1 aromatic heterocycles. The summed E-state index contributed by atoms with van der Waals surface area (Å²) in [6.45, 7) is 2.96. The van der Waals surface area contributed by atoms with Crippen LogP contribution in [0.4, 0.5) is 0 Å². The second-order valence-corrected chi connectivity index (χ2v) is 4.78. The van der Waals surface area contributed by atoms with Gasteiger partial charge in [0.1, 0.15) is 10.8 Å². The van der Waals surface area contributed by atoms with E-state index in [-0.39, 0.29) is 0 Å². The molecule has 0 unspecified atom stereocenters. The second-order valence-electron chi connectivity index (χ2n) is 3.80. The molecule has 0 aliphatic heterocycles. The number of ether oxygens (including phenoxy) is 1. The van der Waals surface area contributed by atoms with Gasteiger partial charge in [-0.25, -0.2) is 4.98 Å². The van der Waals surface area contributed by atoms with Crippen molar-refractivity contribution >= 4 is 11.3 Å². The summed E-state index contributed by atoms with van der Waals surface area (Å²) in [4.78, 5) is 4.25. The monoisotopic (exact) mass is 248 g/mol. The minimum absolute atomic E-state index is 0.310. The third-order valence-corrected chi connectivity index (χ3v) is 3.44. The van der Waals surface area contributed by atoms with Crippen LogP contribution in [0.5, 0.6) is 5.75 Å². The standard InChI is InChI=1S/C13H16N2OS/c1-10(15-9-13-14-7-8-17-13)11-3-5-12(16-2)6-4-11/h3-8,10,15H,9H2,1-2H3/t10-/m1/s1. The predicted octanol–water partition coefficient (Wildman–Crippen LogP) is 3.00. The molecule has 1 heterocycles. The SMILES string of the molecule is COc1ccc([C@@H](C)NCc2nccs2)cc1. The molecule has 17 heavy (non-hydrogen) atoms. The first-order valence-electron chi connectivity index (χ1n) is 5.55. The first kappa shape index (κ1) is 12.1. The van der Waals surface area contributed by atoms with Crippen molar-refractivity contribution in [3.8, 4) is 5.75 Å². The van der Waals surface area contributed by atoms with E-state index in [1.54, 1.807) is 18.4 Å². The molecule has 0 saturated heterocycles. The molecule has 90 valence electrons. The van der Waals surface area contributed by atoms with Gasteiger partial charge in [-0.15, -0.1) is 11.3 Å². The van der Waals surface area contributed by atoms with Gasteiger partial charge in [-0.05, 0) is 24.6 Å². The molecule has 0 saturated carbocycles. The highest BCUT2D eigenvalue weighted by Crippen LogP contribution is 2.17. The van der Waals surface area contributed by atoms with Crippen molar-refractivity contribution in [1.29, 1.82) is 0 Å². The van der Waals surface area contributed by atoms with Crippen LogP contribution in [-0.2, 0) is 6.54 Å². The van der Waals surface area contributed by atoms with Crippen LogP contribution in [0, 0.1) is 0 Å². The number of aromatic nitrogens is 1. The summed E-state index contributed by atoms with van der Waals surface area (Å²) >= 11 is 1.67. The maximum absolute atomic E-state index is 5.14. The van der Waals surface area contributed by atoms with Crippen LogP contribution in [-0.4, -0.2) is 12.1 Å². The predicted molar refractivity (Wildman–Crippen MR) is 70.4 cm³/mol. The third kappa shape index (κ3) is 3.28. The van der Waals surface area contributed by atoms with Crippen molar-refractivity contribution in [3.05, 3.63) is 46.4 Å². The van der Waals surface area contributed by atoms with E-state index in [2.05, 4.69) is 29.4 Å². The Hall–Kier alpha value is -1.39. The summed E-state index contributed by atoms with van der Waals surface area (Å²) in [5.74, 6) is 0.890. The van der Waals surface area contributed by atoms with E-state index < -0.39 is 0 Å². The Labute approximate surface area is 105 Å². The molecule has 0 aliphatic carbocycles. The Balaban J connectivity index is 1.92. The van der Waals surface area contributed by atoms with Gasteiger partial charge in [0.05, 0.1) is 7.11 Å². The zero-order chi connectivity index (χ0) is 12.1. The molecule has 2 rings (SSSR count). The molecule has 0 radical (unpaired) electrons. The van der Waals surface area contributed by atoms with E-state index >= 15 is 0 Å². The van der Waals surface area contributed by atoms with Crippen LogP contribution in [0.3, 0.4) is 0 Å². The van der Waals surface area contributed by atoms with Gasteiger partial charge in [0, 0.05) is 24.2 Å². The molecule has 0 amide bonds. The molecule has 0 fully saturated rings. The fourth-order valence-corrected chi connectivity index (χ4v) is 2.16. The first-order valence-corrected chi connectivity index (χ1v) is 6.43. The Morgan fingerprint density at radius 2 is 2.12 bits per heavy atom. The Morgan fingerprint density at radius 1 is 1.35 bits per heavy atom. The summed E-state index contributed by atoms with van der Waals surface area (Å²) in [6.07, 6.45) is 1.83. The van der Waals surface area contributed by atoms with Gasteiger partial charge in [-0.2, -0.15) is 0 Å². The minimum atomic E-state index is 0.310. The molecule has 3 nitrogen and oxygen atoms in total. The number of nitrogens with zero attached hydrogens (tertiary/aromatic N) is 1. The van der Waals surface area contributed by atoms with Gasteiger partial charge in [0.2, 0.25) is 0 Å². The largest absolute Gasteiger partial charge is 0.497 e. The van der Waals surface area contributed by atoms with Crippen LogP contribution in [0.15, 0.2) is 35.8 Å². The summed E-state index contributed by atoms with van der Waals surface area (Å²) in [5, 5.41) is 6.56. The molecule has 2 aromatic rings. The van der Waals surface area contributed by atoms with Gasteiger partial charge in [-0.1, -0.05) is 12.1 Å². The molecule has 0 aliphatic rings. The van der Waals surface area contributed by atoms with Crippen molar-refractivity contribution in [1.82, 2.24) is 10.3 Å². The number of hydrogen-bond donors (Lipinski definition) is 1. The second kappa shape index (κ2) is 5.80. The van der Waals surface area contributed by atoms with Gasteiger partial charge in [-0.3, -0.25) is 0 Å². The van der Waals surface area contributed by atoms with Crippen LogP contribution in [0.25, 0.3) is 0 Å². The smallest absolute Gasteiger partial charge is 0.118 e. The molecule has 1 atom stereocenters. The fraction of sp³-hybridized carbons (Fsp3) is 0.308. The van der Waals surface area contributed by atoms with E-state index in [1.165, 1.54) is 5.56 Å². The highest BCUT2D eigenvalue weighted by molar-refractivity contribution is 7.09. The van der Waals surface area contributed by atoms with Crippen LogP contribution < -0.4 is 10.1 Å². The van der Waals surface area contributed by atoms with Crippen molar-refractivity contribution in [2.45, 2.75) is 19.5 Å². The first-order chi connectivity index (χ1) is 8.29. The lowest BCUT2D eigenvalue weighted by Crippen LogP contribution is -2.17. The Kier molecular flexibility index (Phi) is 4.12. The van der Waals surface area contributed by atoms with E-state index in [9.17, 15) is 0 Å². The Morgan fingerprint density at radius 3 is 2.71 bits per heavy atom. The number of rotatable bonds is 5. The van der Waals surface area contributed by atoms with Crippen LogP contribution in [0.2, 0.25) is 0 Å². The fourth-order valence-electron chi connectivity index (χ4n) is 1.59. The van der Waals surface area contributed by atoms with Gasteiger partial charge < -0.3 is 10.1 Å². The minimum Gasteiger partial charge on any atom is -0.497 e. The molecule has 0 bridgehead atoms. The van der Waals surface area contributed by atoms with E-state index in [1.807, 2.05) is 23.7 Å². The van der Waals surface area contributed by atoms with Crippen molar-refractivity contribution in [2.75, 3.05) is 7.11 Å². The van der Waals surface area contributed by atoms with E-state index in [0.717, 1.165) is 17.3 Å². The maximum Gasteiger partial charge on any atom is 0.118 e. The Bertz CT molecular complexity index is 439. The molecule has 0 spiro atoms. The summed E-state index contributed by atoms with van der Waals surface area (Å²) in [6, 6.07) is 8.44. The van der Waals surface area contributed by atoms with Crippen molar-refractivity contribution in [3.63, 3.8) is 0 Å². The molecular weight excluding hydrogens is 232 g/mol. The molecule has 4 heteroatoms. The highest BCUT2D eigenvalue weighted by atomic mass is 32.1. The molecule has 1 N–H and O–H groups in total. The number of benzene rings is 1. The van der Waals surface area contributed by atoms with E-state index in [0.29, 0.717) is 6.04 Å². The van der Waals surface area contributed by atoms with Crippen molar-refractivity contribution in [2.24, 2.45) is 0 Å². The maximum atomic E-state index is 5.14. The number of hydrogen-bond acceptors (Lipinski definition) is 4. The lowest BCUT2D eigenvalue weighted by atomic mass is 10.1. The normalized spacial score (nSPS) is 12.4. The average Bonchev–Trinajstić information content (AvgIpc) is 2.89. The summed E-state index contributed by atoms with van der Waals surface area (Å²) < 4.78 is 5.14. The zero-order valence-electron chi connectivity index (χ0n) is 10.0. The number of nitrogens with one attached hydrogen (secondary N) is 1. The highest BCUT2D eigenvalue weighted by Gasteiger charge is 2.05. The van der Waals surface area contributed by atoms with Crippen LogP contribution >= 0.6 is 11.3 Å². The quantitative estimate of drug-likeness (QED) is 0.883. The van der Waals surface area contributed by atoms with Crippen molar-refractivity contribution < 1.29 is 4.74 Å². The van der Waals surface area contributed by atoms with Crippen LogP contribution in [0.1, 0.15) is 23.5 Å². The van der Waals surface area contributed by atoms with Gasteiger partial charge >= 0.3 is 0 Å². The lowest BCUT2D eigenvalue weighted by molar-refractivity contribution is 0.414. The topological polar surface area (TPSA) is 34.1 Å². The summed E-state index contributed by atoms with van der Waals surface area (Å²) in [7, 11) is 1.68. The van der Waals surface area contributed by atoms with Gasteiger partial charge in [0.25, 0.3) is 0 Å². The van der Waals surface area contributed by atoms with E-state index in [4.69, 9.17) is 4.74 Å². The lowest BCUT2D eigenvalue weighted by Gasteiger charge is -2.13. The average molecular weight is 248 g/mol. The van der Waals surface area contributed by atoms with Gasteiger partial charge in [0.15, 0.2) is 0 Å².